The molecule has 1 aromatic carbocycles. The van der Waals surface area contributed by atoms with E-state index < -0.39 is 0 Å². The number of benzene rings is 1. The average molecular weight is 420 g/mol. The lowest BCUT2D eigenvalue weighted by atomic mass is 10.1. The quantitative estimate of drug-likeness (QED) is 0.193. The average Bonchev–Trinajstić information content (AvgIpc) is 3.14. The number of hydrogen-bond donors (Lipinski definition) is 1. The van der Waals surface area contributed by atoms with Crippen LogP contribution in [0.5, 0.6) is 5.75 Å². The third-order valence-corrected chi connectivity index (χ3v) is 5.67. The van der Waals surface area contributed by atoms with Gasteiger partial charge in [0.05, 0.1) is 15.8 Å². The molecule has 28 heavy (non-hydrogen) atoms. The number of unbranched alkanes of at least 4 members (excludes halogenated alkanes) is 7. The Morgan fingerprint density at radius 2 is 1.68 bits per heavy atom. The summed E-state index contributed by atoms with van der Waals surface area (Å²) in [6.45, 7) is 3.01. The molecule has 2 aromatic rings. The molecule has 1 heterocycles. The van der Waals surface area contributed by atoms with E-state index in [0.29, 0.717) is 9.21 Å². The molecule has 1 N–H and O–H groups in total. The van der Waals surface area contributed by atoms with Crippen molar-refractivity contribution in [3.05, 3.63) is 57.9 Å². The summed E-state index contributed by atoms with van der Waals surface area (Å²) >= 11 is 7.13. The van der Waals surface area contributed by atoms with Crippen LogP contribution in [0.15, 0.2) is 48.7 Å². The van der Waals surface area contributed by atoms with Gasteiger partial charge in [-0.25, -0.2) is 0 Å². The summed E-state index contributed by atoms with van der Waals surface area (Å²) in [4.78, 5) is 12.6. The van der Waals surface area contributed by atoms with Crippen molar-refractivity contribution >= 4 is 34.4 Å². The van der Waals surface area contributed by atoms with Crippen LogP contribution < -0.4 is 10.1 Å². The van der Waals surface area contributed by atoms with E-state index in [1.54, 1.807) is 18.3 Å². The maximum Gasteiger partial charge on any atom is 0.197 e. The fourth-order valence-corrected chi connectivity index (χ4v) is 3.78. The molecule has 0 bridgehead atoms. The van der Waals surface area contributed by atoms with E-state index in [9.17, 15) is 4.79 Å². The third-order valence-electron chi connectivity index (χ3n) is 4.42. The summed E-state index contributed by atoms with van der Waals surface area (Å²) in [6, 6.07) is 11.2. The largest absolute Gasteiger partial charge is 0.494 e. The zero-order chi connectivity index (χ0) is 20.0. The second kappa shape index (κ2) is 13.4. The molecule has 1 aromatic heterocycles. The molecular weight excluding hydrogens is 390 g/mol. The minimum atomic E-state index is -0.0604. The third kappa shape index (κ3) is 8.94. The van der Waals surface area contributed by atoms with Crippen LogP contribution in [-0.2, 0) is 0 Å². The number of ketones is 1. The lowest BCUT2D eigenvalue weighted by Crippen LogP contribution is -1.97. The summed E-state index contributed by atoms with van der Waals surface area (Å²) in [5.74, 6) is 0.816. The van der Waals surface area contributed by atoms with Gasteiger partial charge in [0, 0.05) is 18.0 Å². The number of anilines is 1. The number of thiophene rings is 1. The van der Waals surface area contributed by atoms with Crippen LogP contribution in [-0.4, -0.2) is 12.4 Å². The van der Waals surface area contributed by atoms with Gasteiger partial charge in [-0.05, 0) is 42.8 Å². The van der Waals surface area contributed by atoms with E-state index in [1.807, 2.05) is 24.3 Å². The first-order valence-corrected chi connectivity index (χ1v) is 11.3. The van der Waals surface area contributed by atoms with Crippen molar-refractivity contribution in [2.24, 2.45) is 0 Å². The van der Waals surface area contributed by atoms with E-state index in [0.717, 1.165) is 24.5 Å². The number of carbonyl (C=O) groups excluding carboxylic acids is 1. The molecule has 2 rings (SSSR count). The van der Waals surface area contributed by atoms with Crippen molar-refractivity contribution in [3.63, 3.8) is 0 Å². The molecule has 0 aliphatic carbocycles. The molecule has 0 aliphatic heterocycles. The summed E-state index contributed by atoms with van der Waals surface area (Å²) in [5.41, 5.74) is 0.910. The van der Waals surface area contributed by atoms with Crippen LogP contribution in [0.25, 0.3) is 0 Å². The van der Waals surface area contributed by atoms with Gasteiger partial charge in [-0.15, -0.1) is 11.3 Å². The lowest BCUT2D eigenvalue weighted by molar-refractivity contribution is 0.105. The molecule has 152 valence electrons. The topological polar surface area (TPSA) is 38.3 Å². The Morgan fingerprint density at radius 3 is 2.32 bits per heavy atom. The van der Waals surface area contributed by atoms with Crippen molar-refractivity contribution in [2.75, 3.05) is 11.9 Å². The van der Waals surface area contributed by atoms with E-state index in [4.69, 9.17) is 16.3 Å². The van der Waals surface area contributed by atoms with Crippen molar-refractivity contribution in [2.45, 2.75) is 58.3 Å². The van der Waals surface area contributed by atoms with E-state index >= 15 is 0 Å². The fourth-order valence-electron chi connectivity index (χ4n) is 2.82. The van der Waals surface area contributed by atoms with Crippen molar-refractivity contribution in [3.8, 4) is 5.75 Å². The van der Waals surface area contributed by atoms with Crippen LogP contribution in [0.4, 0.5) is 5.69 Å². The number of halogens is 1. The molecule has 0 amide bonds. The smallest absolute Gasteiger partial charge is 0.197 e. The Morgan fingerprint density at radius 1 is 1.00 bits per heavy atom. The highest BCUT2D eigenvalue weighted by Crippen LogP contribution is 2.22. The zero-order valence-electron chi connectivity index (χ0n) is 16.6. The molecule has 5 heteroatoms. The minimum Gasteiger partial charge on any atom is -0.494 e. The monoisotopic (exact) mass is 419 g/mol. The van der Waals surface area contributed by atoms with Crippen LogP contribution in [0.1, 0.15) is 68.0 Å². The molecule has 0 aliphatic rings. The van der Waals surface area contributed by atoms with Gasteiger partial charge in [-0.2, -0.15) is 0 Å². The number of rotatable bonds is 14. The predicted molar refractivity (Wildman–Crippen MR) is 121 cm³/mol. The van der Waals surface area contributed by atoms with Gasteiger partial charge >= 0.3 is 0 Å². The fraction of sp³-hybridized carbons (Fsp3) is 0.435. The van der Waals surface area contributed by atoms with Crippen LogP contribution in [0, 0.1) is 0 Å². The zero-order valence-corrected chi connectivity index (χ0v) is 18.2. The Balaban J connectivity index is 1.59. The van der Waals surface area contributed by atoms with E-state index in [-0.39, 0.29) is 5.78 Å². The number of ether oxygens (including phenoxy) is 1. The summed E-state index contributed by atoms with van der Waals surface area (Å²) in [7, 11) is 0. The van der Waals surface area contributed by atoms with Crippen LogP contribution in [0.2, 0.25) is 4.34 Å². The standard InChI is InChI=1S/C23H30ClNO2S/c1-2-3-4-5-6-7-8-9-18-27-20-12-10-19(11-13-20)25-17-16-21(26)22-14-15-23(24)28-22/h10-17,25H,2-9,18H2,1H3/b17-16-. The second-order valence-corrected chi connectivity index (χ2v) is 8.51. The molecular formula is C23H30ClNO2S. The van der Waals surface area contributed by atoms with Gasteiger partial charge in [-0.1, -0.05) is 63.5 Å². The first-order chi connectivity index (χ1) is 13.7. The van der Waals surface area contributed by atoms with Gasteiger partial charge in [0.2, 0.25) is 0 Å². The Bertz CT molecular complexity index is 724. The van der Waals surface area contributed by atoms with E-state index in [2.05, 4.69) is 12.2 Å². The number of carbonyl (C=O) groups is 1. The molecule has 0 atom stereocenters. The molecule has 0 radical (unpaired) electrons. The first kappa shape index (κ1) is 22.5. The highest BCUT2D eigenvalue weighted by molar-refractivity contribution is 7.18. The number of allylic oxidation sites excluding steroid dienone is 1. The molecule has 0 unspecified atom stereocenters. The van der Waals surface area contributed by atoms with Crippen LogP contribution >= 0.6 is 22.9 Å². The van der Waals surface area contributed by atoms with Crippen molar-refractivity contribution in [1.82, 2.24) is 0 Å². The molecule has 3 nitrogen and oxygen atoms in total. The molecule has 0 fully saturated rings. The molecule has 0 saturated carbocycles. The maximum absolute atomic E-state index is 12.0. The lowest BCUT2D eigenvalue weighted by Gasteiger charge is -2.07. The summed E-state index contributed by atoms with van der Waals surface area (Å²) in [6.07, 6.45) is 13.6. The molecule has 0 saturated heterocycles. The Labute approximate surface area is 177 Å². The van der Waals surface area contributed by atoms with Gasteiger partial charge in [0.25, 0.3) is 0 Å². The normalized spacial score (nSPS) is 11.1. The highest BCUT2D eigenvalue weighted by atomic mass is 35.5. The highest BCUT2D eigenvalue weighted by Gasteiger charge is 2.04. The van der Waals surface area contributed by atoms with Gasteiger partial charge in [0.1, 0.15) is 5.75 Å². The van der Waals surface area contributed by atoms with Gasteiger partial charge in [-0.3, -0.25) is 4.79 Å². The van der Waals surface area contributed by atoms with Crippen LogP contribution in [0.3, 0.4) is 0 Å². The molecule has 0 spiro atoms. The van der Waals surface area contributed by atoms with Crippen molar-refractivity contribution < 1.29 is 9.53 Å². The first-order valence-electron chi connectivity index (χ1n) is 10.1. The van der Waals surface area contributed by atoms with Gasteiger partial charge < -0.3 is 10.1 Å². The number of nitrogens with one attached hydrogen (secondary N) is 1. The summed E-state index contributed by atoms with van der Waals surface area (Å²) in [5, 5.41) is 3.10. The predicted octanol–water partition coefficient (Wildman–Crippen LogP) is 7.73. The number of hydrogen-bond acceptors (Lipinski definition) is 4. The second-order valence-electron chi connectivity index (χ2n) is 6.79. The van der Waals surface area contributed by atoms with Crippen molar-refractivity contribution in [1.29, 1.82) is 0 Å². The Kier molecular flexibility index (Phi) is 10.8. The van der Waals surface area contributed by atoms with Gasteiger partial charge in [0.15, 0.2) is 5.78 Å². The SMILES string of the molecule is CCCCCCCCCCOc1ccc(N/C=C\C(=O)c2ccc(Cl)s2)cc1. The Hall–Kier alpha value is -1.78. The maximum atomic E-state index is 12.0. The summed E-state index contributed by atoms with van der Waals surface area (Å²) < 4.78 is 6.42. The minimum absolute atomic E-state index is 0.0604. The van der Waals surface area contributed by atoms with E-state index in [1.165, 1.54) is 62.4 Å².